The second-order valence-corrected chi connectivity index (χ2v) is 19.6. The van der Waals surface area contributed by atoms with Gasteiger partial charge in [-0.2, -0.15) is 0 Å². The second-order valence-electron chi connectivity index (χ2n) is 13.4. The van der Waals surface area contributed by atoms with Gasteiger partial charge in [0.1, 0.15) is 11.5 Å². The first-order chi connectivity index (χ1) is 27.3. The van der Waals surface area contributed by atoms with Crippen LogP contribution < -0.4 is 41.3 Å². The lowest BCUT2D eigenvalue weighted by Crippen LogP contribution is -2.30. The zero-order valence-electron chi connectivity index (χ0n) is 31.4. The maximum atomic E-state index is 16.5. The first-order valence-corrected chi connectivity index (χ1v) is 23.1. The van der Waals surface area contributed by atoms with E-state index in [-0.39, 0.29) is 0 Å². The van der Waals surface area contributed by atoms with Crippen LogP contribution in [0.5, 0.6) is 11.5 Å². The van der Waals surface area contributed by atoms with Crippen LogP contribution in [-0.4, -0.2) is 13.2 Å². The van der Waals surface area contributed by atoms with Gasteiger partial charge in [-0.1, -0.05) is 157 Å². The molecule has 4 nitrogen and oxygen atoms in total. The van der Waals surface area contributed by atoms with Gasteiger partial charge in [0, 0.05) is 43.0 Å². The Bertz CT molecular complexity index is 2080. The fourth-order valence-electron chi connectivity index (χ4n) is 6.92. The lowest BCUT2D eigenvalue weighted by atomic mass is 10.0. The second kappa shape index (κ2) is 19.5. The molecule has 6 aromatic carbocycles. The van der Waals surface area contributed by atoms with Gasteiger partial charge in [-0.15, -0.1) is 13.2 Å². The normalized spacial score (nSPS) is 11.5. The summed E-state index contributed by atoms with van der Waals surface area (Å²) in [6.45, 7) is 8.40. The summed E-state index contributed by atoms with van der Waals surface area (Å²) < 4.78 is 46.4. The monoisotopic (exact) mass is 818 g/mol. The van der Waals surface area contributed by atoms with E-state index in [1.807, 2.05) is 146 Å². The molecule has 286 valence electrons. The van der Waals surface area contributed by atoms with Crippen molar-refractivity contribution in [2.75, 3.05) is 13.2 Å². The van der Waals surface area contributed by atoms with E-state index in [0.29, 0.717) is 77.7 Å². The first-order valence-electron chi connectivity index (χ1n) is 18.9. The van der Waals surface area contributed by atoms with Crippen molar-refractivity contribution in [1.29, 1.82) is 0 Å². The van der Waals surface area contributed by atoms with Crippen LogP contribution in [0.2, 0.25) is 10.0 Å². The summed E-state index contributed by atoms with van der Waals surface area (Å²) in [6.07, 6.45) is 8.61. The van der Waals surface area contributed by atoms with E-state index in [1.54, 1.807) is 12.1 Å². The average Bonchev–Trinajstić information content (AvgIpc) is 3.25. The fraction of sp³-hybridized carbons (Fsp3) is 0.167. The predicted octanol–water partition coefficient (Wildman–Crippen LogP) is 11.4. The summed E-state index contributed by atoms with van der Waals surface area (Å²) in [7, 11) is -7.44. The van der Waals surface area contributed by atoms with E-state index >= 15 is 9.13 Å². The van der Waals surface area contributed by atoms with Gasteiger partial charge >= 0.3 is 0 Å². The molecule has 6 rings (SSSR count). The SMILES string of the molecule is C=CCCCCOc1c(Cl)ccc(P(=O)(c2ccccc2)c2ccccc2)c1-c1c(P(=O)(c2ccccc2)c2ccccc2)ccc(Cl)c1OCCCCC=C. The molecule has 56 heavy (non-hydrogen) atoms. The fourth-order valence-corrected chi connectivity index (χ4v) is 13.0. The van der Waals surface area contributed by atoms with Gasteiger partial charge in [0.25, 0.3) is 0 Å². The molecule has 0 aliphatic rings. The number of ether oxygens (including phenoxy) is 2. The highest BCUT2D eigenvalue weighted by Gasteiger charge is 2.40. The molecule has 0 bridgehead atoms. The van der Waals surface area contributed by atoms with Crippen molar-refractivity contribution in [3.63, 3.8) is 0 Å². The largest absolute Gasteiger partial charge is 0.491 e. The molecule has 0 atom stereocenters. The molecule has 8 heteroatoms. The summed E-state index contributed by atoms with van der Waals surface area (Å²) in [5.74, 6) is 0.644. The molecule has 0 spiro atoms. The van der Waals surface area contributed by atoms with E-state index in [4.69, 9.17) is 32.7 Å². The highest BCUT2D eigenvalue weighted by Crippen LogP contribution is 2.55. The Kier molecular flexibility index (Phi) is 14.3. The van der Waals surface area contributed by atoms with E-state index in [2.05, 4.69) is 13.2 Å². The van der Waals surface area contributed by atoms with Crippen molar-refractivity contribution in [2.24, 2.45) is 0 Å². The van der Waals surface area contributed by atoms with Gasteiger partial charge in [-0.3, -0.25) is 0 Å². The van der Waals surface area contributed by atoms with Crippen LogP contribution in [0, 0.1) is 0 Å². The highest BCUT2D eigenvalue weighted by atomic mass is 35.5. The summed E-state index contributed by atoms with van der Waals surface area (Å²) in [5, 5.41) is 4.05. The Morgan fingerprint density at radius 1 is 0.446 bits per heavy atom. The van der Waals surface area contributed by atoms with E-state index in [9.17, 15) is 0 Å². The van der Waals surface area contributed by atoms with Gasteiger partial charge < -0.3 is 18.6 Å². The Hall–Kier alpha value is -4.56. The first kappa shape index (κ1) is 41.1. The van der Waals surface area contributed by atoms with Crippen LogP contribution in [0.15, 0.2) is 171 Å². The molecule has 0 radical (unpaired) electrons. The van der Waals surface area contributed by atoms with Crippen molar-refractivity contribution in [2.45, 2.75) is 38.5 Å². The molecule has 0 amide bonds. The Morgan fingerprint density at radius 3 is 1.04 bits per heavy atom. The van der Waals surface area contributed by atoms with E-state index in [0.717, 1.165) is 38.5 Å². The number of unbranched alkanes of at least 4 members (excludes halogenated alkanes) is 4. The van der Waals surface area contributed by atoms with Gasteiger partial charge in [0.05, 0.1) is 23.3 Å². The number of allylic oxidation sites excluding steroid dienone is 2. The molecule has 0 fully saturated rings. The van der Waals surface area contributed by atoms with Crippen LogP contribution in [0.25, 0.3) is 11.1 Å². The standard InChI is InChI=1S/C48H46Cl2O4P2/c1-3-5-7-21-35-53-47-41(49)31-33-43(55(51,37-23-13-9-14-24-37)38-25-15-10-16-26-38)45(47)46-44(34-32-42(50)48(46)54-36-22-8-6-4-2)56(52,39-27-17-11-18-28-39)40-29-19-12-20-30-40/h3-4,9-20,23-34H,1-2,5-8,21-22,35-36H2. The lowest BCUT2D eigenvalue weighted by molar-refractivity contribution is 0.304. The zero-order chi connectivity index (χ0) is 39.4. The van der Waals surface area contributed by atoms with Crippen molar-refractivity contribution in [3.05, 3.63) is 181 Å². The van der Waals surface area contributed by atoms with Gasteiger partial charge in [-0.05, 0) is 62.8 Å². The number of hydrogen-bond acceptors (Lipinski definition) is 4. The molecule has 0 N–H and O–H groups in total. The molecule has 0 unspecified atom stereocenters. The Morgan fingerprint density at radius 2 is 0.750 bits per heavy atom. The van der Waals surface area contributed by atoms with Gasteiger partial charge in [0.15, 0.2) is 14.3 Å². The molecular formula is C48H46Cl2O4P2. The van der Waals surface area contributed by atoms with Crippen LogP contribution >= 0.6 is 37.5 Å². The van der Waals surface area contributed by atoms with E-state index in [1.165, 1.54) is 0 Å². The number of benzene rings is 6. The Labute approximate surface area is 341 Å². The van der Waals surface area contributed by atoms with E-state index < -0.39 is 14.3 Å². The minimum atomic E-state index is -3.72. The summed E-state index contributed by atoms with van der Waals surface area (Å²) >= 11 is 14.4. The lowest BCUT2D eigenvalue weighted by Gasteiger charge is -2.29. The van der Waals surface area contributed by atoms with Crippen LogP contribution in [0.1, 0.15) is 38.5 Å². The summed E-state index contributed by atoms with van der Waals surface area (Å²) in [5.41, 5.74) is 0.867. The minimum Gasteiger partial charge on any atom is -0.491 e. The quantitative estimate of drug-likeness (QED) is 0.0464. The topological polar surface area (TPSA) is 52.6 Å². The average molecular weight is 820 g/mol. The minimum absolute atomic E-state index is 0.317. The number of halogens is 2. The zero-order valence-corrected chi connectivity index (χ0v) is 34.7. The summed E-state index contributed by atoms with van der Waals surface area (Å²) in [6, 6.07) is 44.9. The molecule has 0 aromatic heterocycles. The maximum absolute atomic E-state index is 16.5. The van der Waals surface area contributed by atoms with Crippen LogP contribution in [0.3, 0.4) is 0 Å². The van der Waals surface area contributed by atoms with Crippen LogP contribution in [-0.2, 0) is 9.13 Å². The summed E-state index contributed by atoms with van der Waals surface area (Å²) in [4.78, 5) is 0. The number of hydrogen-bond donors (Lipinski definition) is 0. The number of rotatable bonds is 19. The third-order valence-electron chi connectivity index (χ3n) is 9.68. The Balaban J connectivity index is 1.77. The molecule has 0 aliphatic heterocycles. The van der Waals surface area contributed by atoms with Crippen molar-refractivity contribution < 1.29 is 18.6 Å². The smallest absolute Gasteiger partial charge is 0.171 e. The predicted molar refractivity (Wildman–Crippen MR) is 240 cm³/mol. The third kappa shape index (κ3) is 8.71. The van der Waals surface area contributed by atoms with Crippen molar-refractivity contribution >= 4 is 69.3 Å². The molecule has 0 heterocycles. The van der Waals surface area contributed by atoms with Crippen molar-refractivity contribution in [3.8, 4) is 22.6 Å². The van der Waals surface area contributed by atoms with Gasteiger partial charge in [0.2, 0.25) is 0 Å². The molecular weight excluding hydrogens is 773 g/mol. The molecule has 0 saturated carbocycles. The van der Waals surface area contributed by atoms with Crippen molar-refractivity contribution in [1.82, 2.24) is 0 Å². The van der Waals surface area contributed by atoms with Gasteiger partial charge in [-0.25, -0.2) is 0 Å². The molecule has 0 saturated heterocycles. The van der Waals surface area contributed by atoms with Crippen LogP contribution in [0.4, 0.5) is 0 Å². The molecule has 0 aliphatic carbocycles. The maximum Gasteiger partial charge on any atom is 0.171 e. The molecule has 6 aromatic rings. The highest BCUT2D eigenvalue weighted by molar-refractivity contribution is 7.86. The third-order valence-corrected chi connectivity index (χ3v) is 16.5.